The highest BCUT2D eigenvalue weighted by Gasteiger charge is 2.07. The fraction of sp³-hybridized carbons (Fsp3) is 0.133. The topological polar surface area (TPSA) is 24.9 Å². The third kappa shape index (κ3) is 2.72. The molecule has 0 spiro atoms. The van der Waals surface area contributed by atoms with Crippen LogP contribution in [0.3, 0.4) is 0 Å². The quantitative estimate of drug-likeness (QED) is 0.744. The molecule has 96 valence electrons. The van der Waals surface area contributed by atoms with Crippen LogP contribution < -0.4 is 5.32 Å². The third-order valence-electron chi connectivity index (χ3n) is 2.88. The highest BCUT2D eigenvalue weighted by Crippen LogP contribution is 2.32. The molecular weight excluding hydrogens is 276 g/mol. The monoisotopic (exact) mass is 288 g/mol. The average molecular weight is 289 g/mol. The van der Waals surface area contributed by atoms with E-state index < -0.39 is 0 Å². The van der Waals surface area contributed by atoms with E-state index in [9.17, 15) is 0 Å². The number of halogens is 1. The normalized spacial score (nSPS) is 10.8. The van der Waals surface area contributed by atoms with Crippen LogP contribution in [0, 0.1) is 6.92 Å². The van der Waals surface area contributed by atoms with Gasteiger partial charge in [0.25, 0.3) is 0 Å². The molecule has 0 atom stereocenters. The van der Waals surface area contributed by atoms with Crippen molar-refractivity contribution in [3.63, 3.8) is 0 Å². The fourth-order valence-corrected chi connectivity index (χ4v) is 3.33. The van der Waals surface area contributed by atoms with Crippen LogP contribution in [0.5, 0.6) is 0 Å². The van der Waals surface area contributed by atoms with Crippen LogP contribution in [0.25, 0.3) is 10.2 Å². The van der Waals surface area contributed by atoms with E-state index in [1.165, 1.54) is 5.56 Å². The zero-order valence-corrected chi connectivity index (χ0v) is 12.1. The lowest BCUT2D eigenvalue weighted by Crippen LogP contribution is -1.97. The van der Waals surface area contributed by atoms with E-state index in [-0.39, 0.29) is 0 Å². The van der Waals surface area contributed by atoms with Gasteiger partial charge in [0.1, 0.15) is 5.52 Å². The van der Waals surface area contributed by atoms with Gasteiger partial charge in [-0.3, -0.25) is 0 Å². The van der Waals surface area contributed by atoms with Crippen LogP contribution >= 0.6 is 22.9 Å². The molecule has 0 aliphatic heterocycles. The van der Waals surface area contributed by atoms with Gasteiger partial charge in [-0.15, -0.1) is 0 Å². The summed E-state index contributed by atoms with van der Waals surface area (Å²) < 4.78 is 1.13. The number of hydrogen-bond acceptors (Lipinski definition) is 3. The summed E-state index contributed by atoms with van der Waals surface area (Å²) in [5.74, 6) is 0. The van der Waals surface area contributed by atoms with Gasteiger partial charge in [-0.2, -0.15) is 0 Å². The largest absolute Gasteiger partial charge is 0.357 e. The molecule has 0 saturated heterocycles. The average Bonchev–Trinajstić information content (AvgIpc) is 2.81. The Balaban J connectivity index is 1.84. The lowest BCUT2D eigenvalue weighted by Gasteiger charge is -2.01. The summed E-state index contributed by atoms with van der Waals surface area (Å²) in [4.78, 5) is 4.54. The lowest BCUT2D eigenvalue weighted by atomic mass is 10.2. The molecule has 1 aromatic heterocycles. The van der Waals surface area contributed by atoms with Crippen LogP contribution in [0.15, 0.2) is 42.5 Å². The second-order valence-corrected chi connectivity index (χ2v) is 5.89. The second kappa shape index (κ2) is 5.19. The molecule has 1 N–H and O–H groups in total. The summed E-state index contributed by atoms with van der Waals surface area (Å²) in [5, 5.41) is 4.98. The molecule has 0 aliphatic rings. The minimum absolute atomic E-state index is 0.721. The van der Waals surface area contributed by atoms with E-state index in [0.717, 1.165) is 32.5 Å². The molecule has 2 nitrogen and oxygen atoms in total. The van der Waals surface area contributed by atoms with Gasteiger partial charge in [-0.1, -0.05) is 53.3 Å². The Bertz CT molecular complexity index is 707. The predicted molar refractivity (Wildman–Crippen MR) is 83.1 cm³/mol. The fourth-order valence-electron chi connectivity index (χ4n) is 1.97. The van der Waals surface area contributed by atoms with Crippen molar-refractivity contribution in [2.45, 2.75) is 13.5 Å². The molecule has 4 heteroatoms. The minimum Gasteiger partial charge on any atom is -0.357 e. The predicted octanol–water partition coefficient (Wildman–Crippen LogP) is 4.87. The Kier molecular flexibility index (Phi) is 3.40. The number of hydrogen-bond donors (Lipinski definition) is 1. The number of nitrogens with one attached hydrogen (secondary N) is 1. The molecule has 0 unspecified atom stereocenters. The van der Waals surface area contributed by atoms with Crippen LogP contribution in [0.4, 0.5) is 5.13 Å². The van der Waals surface area contributed by atoms with Gasteiger partial charge < -0.3 is 5.32 Å². The summed E-state index contributed by atoms with van der Waals surface area (Å²) in [6.07, 6.45) is 0. The number of nitrogens with zero attached hydrogens (tertiary/aromatic N) is 1. The summed E-state index contributed by atoms with van der Waals surface area (Å²) in [7, 11) is 0. The third-order valence-corrected chi connectivity index (χ3v) is 4.13. The number of anilines is 1. The van der Waals surface area contributed by atoms with Crippen molar-refractivity contribution in [3.05, 3.63) is 58.6 Å². The Hall–Kier alpha value is -1.58. The molecule has 0 amide bonds. The summed E-state index contributed by atoms with van der Waals surface area (Å²) in [6.45, 7) is 2.82. The van der Waals surface area contributed by atoms with Gasteiger partial charge in [0, 0.05) is 6.54 Å². The van der Waals surface area contributed by atoms with Gasteiger partial charge in [-0.25, -0.2) is 4.98 Å². The maximum Gasteiger partial charge on any atom is 0.184 e. The molecule has 0 radical (unpaired) electrons. The van der Waals surface area contributed by atoms with Crippen molar-refractivity contribution in [1.82, 2.24) is 4.98 Å². The molecule has 0 saturated carbocycles. The van der Waals surface area contributed by atoms with Crippen molar-refractivity contribution < 1.29 is 0 Å². The first-order chi connectivity index (χ1) is 9.22. The summed E-state index contributed by atoms with van der Waals surface area (Å²) >= 11 is 7.85. The number of aryl methyl sites for hydroxylation is 1. The van der Waals surface area contributed by atoms with E-state index in [4.69, 9.17) is 11.6 Å². The Morgan fingerprint density at radius 1 is 1.21 bits per heavy atom. The first-order valence-electron chi connectivity index (χ1n) is 6.07. The zero-order chi connectivity index (χ0) is 13.2. The molecule has 0 aliphatic carbocycles. The number of aromatic nitrogens is 1. The van der Waals surface area contributed by atoms with E-state index in [1.54, 1.807) is 11.3 Å². The molecular formula is C15H13ClN2S. The highest BCUT2D eigenvalue weighted by atomic mass is 35.5. The van der Waals surface area contributed by atoms with Crippen molar-refractivity contribution in [3.8, 4) is 0 Å². The van der Waals surface area contributed by atoms with Crippen LogP contribution in [0.1, 0.15) is 11.1 Å². The maximum atomic E-state index is 6.21. The van der Waals surface area contributed by atoms with Crippen LogP contribution in [-0.2, 0) is 6.54 Å². The van der Waals surface area contributed by atoms with E-state index >= 15 is 0 Å². The zero-order valence-electron chi connectivity index (χ0n) is 10.5. The van der Waals surface area contributed by atoms with Crippen molar-refractivity contribution >= 4 is 38.3 Å². The van der Waals surface area contributed by atoms with Gasteiger partial charge in [-0.05, 0) is 30.2 Å². The molecule has 3 rings (SSSR count). The number of thiazole rings is 1. The smallest absolute Gasteiger partial charge is 0.184 e. The lowest BCUT2D eigenvalue weighted by molar-refractivity contribution is 1.14. The van der Waals surface area contributed by atoms with E-state index in [1.807, 2.05) is 31.2 Å². The molecule has 3 aromatic rings. The van der Waals surface area contributed by atoms with Crippen molar-refractivity contribution in [2.75, 3.05) is 5.32 Å². The highest BCUT2D eigenvalue weighted by molar-refractivity contribution is 7.22. The van der Waals surface area contributed by atoms with Crippen LogP contribution in [0.2, 0.25) is 5.02 Å². The van der Waals surface area contributed by atoms with E-state index in [0.29, 0.717) is 0 Å². The summed E-state index contributed by atoms with van der Waals surface area (Å²) in [5.41, 5.74) is 3.28. The van der Waals surface area contributed by atoms with Crippen LogP contribution in [-0.4, -0.2) is 4.98 Å². The Labute approximate surface area is 121 Å². The minimum atomic E-state index is 0.721. The number of rotatable bonds is 3. The van der Waals surface area contributed by atoms with Gasteiger partial charge in [0.05, 0.1) is 9.72 Å². The first kappa shape index (κ1) is 12.5. The number of benzene rings is 2. The molecule has 0 bridgehead atoms. The van der Waals surface area contributed by atoms with Gasteiger partial charge >= 0.3 is 0 Å². The molecule has 19 heavy (non-hydrogen) atoms. The number of fused-ring (bicyclic) bond motifs is 1. The SMILES string of the molecule is Cc1cc(Cl)c2nc(NCc3ccccc3)sc2c1. The summed E-state index contributed by atoms with van der Waals surface area (Å²) in [6, 6.07) is 14.3. The standard InChI is InChI=1S/C15H13ClN2S/c1-10-7-12(16)14-13(8-10)19-15(18-14)17-9-11-5-3-2-4-6-11/h2-8H,9H2,1H3,(H,17,18). The maximum absolute atomic E-state index is 6.21. The molecule has 2 aromatic carbocycles. The molecule has 1 heterocycles. The molecule has 0 fully saturated rings. The van der Waals surface area contributed by atoms with Crippen molar-refractivity contribution in [2.24, 2.45) is 0 Å². The Morgan fingerprint density at radius 2 is 2.00 bits per heavy atom. The second-order valence-electron chi connectivity index (χ2n) is 4.45. The van der Waals surface area contributed by atoms with Gasteiger partial charge in [0.15, 0.2) is 5.13 Å². The van der Waals surface area contributed by atoms with Crippen molar-refractivity contribution in [1.29, 1.82) is 0 Å². The van der Waals surface area contributed by atoms with Gasteiger partial charge in [0.2, 0.25) is 0 Å². The van der Waals surface area contributed by atoms with E-state index in [2.05, 4.69) is 28.5 Å². The first-order valence-corrected chi connectivity index (χ1v) is 7.26. The Morgan fingerprint density at radius 3 is 2.79 bits per heavy atom.